The Morgan fingerprint density at radius 1 is 1.18 bits per heavy atom. The summed E-state index contributed by atoms with van der Waals surface area (Å²) in [7, 11) is 0. The van der Waals surface area contributed by atoms with Crippen LogP contribution >= 0.6 is 0 Å². The summed E-state index contributed by atoms with van der Waals surface area (Å²) in [5, 5.41) is 0. The van der Waals surface area contributed by atoms with Gasteiger partial charge in [0.2, 0.25) is 0 Å². The van der Waals surface area contributed by atoms with Gasteiger partial charge >= 0.3 is 0 Å². The van der Waals surface area contributed by atoms with Gasteiger partial charge in [0.15, 0.2) is 0 Å². The molecule has 1 heterocycles. The van der Waals surface area contributed by atoms with E-state index in [1.807, 2.05) is 0 Å². The van der Waals surface area contributed by atoms with E-state index in [1.54, 1.807) is 0 Å². The van der Waals surface area contributed by atoms with Crippen LogP contribution in [0.15, 0.2) is 0 Å². The SMILES string of the molecule is CC(C)CN(C(C)C)C1(CN)CCCOCC1. The van der Waals surface area contributed by atoms with Crippen molar-refractivity contribution in [2.24, 2.45) is 11.7 Å². The number of ether oxygens (including phenoxy) is 1. The average Bonchev–Trinajstić information content (AvgIpc) is 2.51. The minimum Gasteiger partial charge on any atom is -0.381 e. The Hall–Kier alpha value is -0.120. The molecule has 1 rings (SSSR count). The van der Waals surface area contributed by atoms with Crippen LogP contribution in [-0.4, -0.2) is 42.8 Å². The topological polar surface area (TPSA) is 38.5 Å². The summed E-state index contributed by atoms with van der Waals surface area (Å²) in [6.07, 6.45) is 3.39. The van der Waals surface area contributed by atoms with Gasteiger partial charge in [0.25, 0.3) is 0 Å². The monoisotopic (exact) mass is 242 g/mol. The van der Waals surface area contributed by atoms with Crippen molar-refractivity contribution in [2.75, 3.05) is 26.3 Å². The summed E-state index contributed by atoms with van der Waals surface area (Å²) in [5.41, 5.74) is 6.29. The molecule has 0 saturated carbocycles. The van der Waals surface area contributed by atoms with Crippen molar-refractivity contribution < 1.29 is 4.74 Å². The molecule has 0 aliphatic carbocycles. The zero-order valence-electron chi connectivity index (χ0n) is 12.0. The second-order valence-corrected chi connectivity index (χ2v) is 6.03. The van der Waals surface area contributed by atoms with Crippen LogP contribution in [0, 0.1) is 5.92 Å². The van der Waals surface area contributed by atoms with Gasteiger partial charge in [0.1, 0.15) is 0 Å². The fraction of sp³-hybridized carbons (Fsp3) is 1.00. The van der Waals surface area contributed by atoms with Crippen molar-refractivity contribution >= 4 is 0 Å². The summed E-state index contributed by atoms with van der Waals surface area (Å²) in [6, 6.07) is 0.555. The molecular formula is C14H30N2O. The van der Waals surface area contributed by atoms with Crippen LogP contribution in [0.4, 0.5) is 0 Å². The van der Waals surface area contributed by atoms with E-state index in [9.17, 15) is 0 Å². The van der Waals surface area contributed by atoms with Crippen LogP contribution in [0.25, 0.3) is 0 Å². The van der Waals surface area contributed by atoms with Crippen molar-refractivity contribution in [2.45, 2.75) is 58.5 Å². The molecular weight excluding hydrogens is 212 g/mol. The molecule has 0 amide bonds. The van der Waals surface area contributed by atoms with Crippen molar-refractivity contribution in [3.63, 3.8) is 0 Å². The maximum Gasteiger partial charge on any atom is 0.0484 e. The lowest BCUT2D eigenvalue weighted by atomic mass is 9.86. The van der Waals surface area contributed by atoms with E-state index in [1.165, 1.54) is 6.42 Å². The fourth-order valence-corrected chi connectivity index (χ4v) is 2.95. The van der Waals surface area contributed by atoms with Gasteiger partial charge in [0.05, 0.1) is 0 Å². The number of nitrogens with zero attached hydrogens (tertiary/aromatic N) is 1. The molecule has 0 radical (unpaired) electrons. The minimum absolute atomic E-state index is 0.162. The molecule has 1 aliphatic heterocycles. The first kappa shape index (κ1) is 14.9. The number of hydrogen-bond donors (Lipinski definition) is 1. The normalized spacial score (nSPS) is 26.8. The predicted molar refractivity (Wildman–Crippen MR) is 73.1 cm³/mol. The minimum atomic E-state index is 0.162. The zero-order chi connectivity index (χ0) is 12.9. The van der Waals surface area contributed by atoms with Gasteiger partial charge < -0.3 is 10.5 Å². The van der Waals surface area contributed by atoms with Crippen molar-refractivity contribution in [1.82, 2.24) is 4.90 Å². The Balaban J connectivity index is 2.84. The molecule has 2 N–H and O–H groups in total. The highest BCUT2D eigenvalue weighted by molar-refractivity contribution is 4.94. The van der Waals surface area contributed by atoms with E-state index < -0.39 is 0 Å². The Kier molecular flexibility index (Phi) is 5.90. The van der Waals surface area contributed by atoms with Crippen LogP contribution in [0.2, 0.25) is 0 Å². The highest BCUT2D eigenvalue weighted by atomic mass is 16.5. The lowest BCUT2D eigenvalue weighted by molar-refractivity contribution is 0.0311. The van der Waals surface area contributed by atoms with Gasteiger partial charge in [-0.15, -0.1) is 0 Å². The summed E-state index contributed by atoms with van der Waals surface area (Å²) >= 11 is 0. The standard InChI is InChI=1S/C14H30N2O/c1-12(2)10-16(13(3)4)14(11-15)6-5-8-17-9-7-14/h12-13H,5-11,15H2,1-4H3. The van der Waals surface area contributed by atoms with E-state index in [0.29, 0.717) is 12.0 Å². The van der Waals surface area contributed by atoms with Gasteiger partial charge in [-0.2, -0.15) is 0 Å². The average molecular weight is 242 g/mol. The van der Waals surface area contributed by atoms with E-state index in [4.69, 9.17) is 10.5 Å². The van der Waals surface area contributed by atoms with Crippen molar-refractivity contribution in [3.8, 4) is 0 Å². The molecule has 3 nitrogen and oxygen atoms in total. The quantitative estimate of drug-likeness (QED) is 0.803. The van der Waals surface area contributed by atoms with E-state index in [0.717, 1.165) is 39.1 Å². The lowest BCUT2D eigenvalue weighted by Crippen LogP contribution is -2.57. The molecule has 3 heteroatoms. The van der Waals surface area contributed by atoms with Crippen molar-refractivity contribution in [1.29, 1.82) is 0 Å². The second kappa shape index (κ2) is 6.72. The molecule has 102 valence electrons. The summed E-state index contributed by atoms with van der Waals surface area (Å²) in [5.74, 6) is 0.685. The summed E-state index contributed by atoms with van der Waals surface area (Å²) < 4.78 is 5.60. The zero-order valence-corrected chi connectivity index (χ0v) is 12.0. The van der Waals surface area contributed by atoms with Gasteiger partial charge in [-0.1, -0.05) is 13.8 Å². The molecule has 1 saturated heterocycles. The van der Waals surface area contributed by atoms with E-state index >= 15 is 0 Å². The third-order valence-corrected chi connectivity index (χ3v) is 3.82. The van der Waals surface area contributed by atoms with Crippen LogP contribution in [-0.2, 0) is 4.74 Å². The molecule has 0 spiro atoms. The molecule has 0 aromatic rings. The van der Waals surface area contributed by atoms with Crippen LogP contribution in [0.3, 0.4) is 0 Å². The van der Waals surface area contributed by atoms with Gasteiger partial charge in [-0.25, -0.2) is 0 Å². The first-order valence-electron chi connectivity index (χ1n) is 7.06. The fourth-order valence-electron chi connectivity index (χ4n) is 2.95. The number of rotatable bonds is 5. The smallest absolute Gasteiger partial charge is 0.0484 e. The summed E-state index contributed by atoms with van der Waals surface area (Å²) in [4.78, 5) is 2.62. The van der Waals surface area contributed by atoms with Crippen molar-refractivity contribution in [3.05, 3.63) is 0 Å². The largest absolute Gasteiger partial charge is 0.381 e. The van der Waals surface area contributed by atoms with E-state index in [-0.39, 0.29) is 5.54 Å². The van der Waals surface area contributed by atoms with Gasteiger partial charge in [-0.05, 0) is 39.0 Å². The molecule has 17 heavy (non-hydrogen) atoms. The predicted octanol–water partition coefficient (Wildman–Crippen LogP) is 2.25. The highest BCUT2D eigenvalue weighted by Gasteiger charge is 2.37. The Morgan fingerprint density at radius 2 is 1.88 bits per heavy atom. The lowest BCUT2D eigenvalue weighted by Gasteiger charge is -2.46. The third-order valence-electron chi connectivity index (χ3n) is 3.82. The van der Waals surface area contributed by atoms with E-state index in [2.05, 4.69) is 32.6 Å². The maximum atomic E-state index is 6.12. The van der Waals surface area contributed by atoms with Crippen LogP contribution in [0.1, 0.15) is 47.0 Å². The highest BCUT2D eigenvalue weighted by Crippen LogP contribution is 2.30. The summed E-state index contributed by atoms with van der Waals surface area (Å²) in [6.45, 7) is 12.8. The maximum absolute atomic E-state index is 6.12. The molecule has 0 bridgehead atoms. The van der Waals surface area contributed by atoms with Crippen LogP contribution < -0.4 is 5.73 Å². The Morgan fingerprint density at radius 3 is 2.41 bits per heavy atom. The molecule has 1 fully saturated rings. The molecule has 0 aromatic heterocycles. The Labute approximate surface area is 107 Å². The molecule has 0 aromatic carbocycles. The third kappa shape index (κ3) is 3.94. The molecule has 1 atom stereocenters. The second-order valence-electron chi connectivity index (χ2n) is 6.03. The van der Waals surface area contributed by atoms with Gasteiger partial charge in [-0.3, -0.25) is 4.90 Å². The first-order valence-corrected chi connectivity index (χ1v) is 7.06. The van der Waals surface area contributed by atoms with Gasteiger partial charge in [0, 0.05) is 37.9 Å². The molecule has 1 aliphatic rings. The molecule has 1 unspecified atom stereocenters. The van der Waals surface area contributed by atoms with Crippen LogP contribution in [0.5, 0.6) is 0 Å². The first-order chi connectivity index (χ1) is 8.02. The Bertz CT molecular complexity index is 208. The number of nitrogens with two attached hydrogens (primary N) is 1. The number of hydrogen-bond acceptors (Lipinski definition) is 3.